The molecule has 4 rings (SSSR count). The summed E-state index contributed by atoms with van der Waals surface area (Å²) in [4.78, 5) is 21.6. The van der Waals surface area contributed by atoms with Crippen LogP contribution in [0.2, 0.25) is 4.34 Å². The number of carbonyl (C=O) groups is 1. The Labute approximate surface area is 209 Å². The van der Waals surface area contributed by atoms with E-state index in [1.165, 1.54) is 11.3 Å². The molecule has 1 saturated heterocycles. The molecule has 0 aliphatic carbocycles. The normalized spacial score (nSPS) is 16.8. The molecule has 0 radical (unpaired) electrons. The van der Waals surface area contributed by atoms with E-state index in [-0.39, 0.29) is 18.6 Å². The fourth-order valence-electron chi connectivity index (χ4n) is 4.40. The van der Waals surface area contributed by atoms with E-state index in [0.717, 1.165) is 51.0 Å². The SMILES string of the molecule is COc1cc(CCO)cc(NC(C(=O)N2CCCCC2c2ccc(Cl)s2)c2ccc(C)nc2)c1. The lowest BCUT2D eigenvalue weighted by atomic mass is 9.97. The lowest BCUT2D eigenvalue weighted by Crippen LogP contribution is -2.43. The van der Waals surface area contributed by atoms with Gasteiger partial charge in [-0.3, -0.25) is 9.78 Å². The van der Waals surface area contributed by atoms with Crippen molar-refractivity contribution < 1.29 is 14.6 Å². The number of hydrogen-bond acceptors (Lipinski definition) is 6. The number of amides is 1. The number of carbonyl (C=O) groups excluding carboxylic acids is 1. The summed E-state index contributed by atoms with van der Waals surface area (Å²) in [5.41, 5.74) is 3.39. The van der Waals surface area contributed by atoms with Crippen LogP contribution in [0, 0.1) is 6.92 Å². The lowest BCUT2D eigenvalue weighted by molar-refractivity contribution is -0.136. The molecule has 0 saturated carbocycles. The van der Waals surface area contributed by atoms with Crippen molar-refractivity contribution in [2.75, 3.05) is 25.6 Å². The summed E-state index contributed by atoms with van der Waals surface area (Å²) in [5, 5.41) is 12.9. The number of nitrogens with one attached hydrogen (secondary N) is 1. The standard InChI is InChI=1S/C26H30ClN3O3S/c1-17-6-7-19(16-28-17)25(29-20-13-18(10-12-31)14-21(15-20)33-2)26(32)30-11-4-3-5-22(30)23-8-9-24(27)34-23/h6-9,13-16,22,25,29,31H,3-5,10-12H2,1-2H3. The number of methoxy groups -OCH3 is 1. The maximum absolute atomic E-state index is 14.1. The Morgan fingerprint density at radius 2 is 2.15 bits per heavy atom. The number of halogens is 1. The molecule has 1 aliphatic heterocycles. The van der Waals surface area contributed by atoms with Gasteiger partial charge in [-0.2, -0.15) is 0 Å². The zero-order valence-corrected chi connectivity index (χ0v) is 21.0. The number of anilines is 1. The highest BCUT2D eigenvalue weighted by atomic mass is 35.5. The van der Waals surface area contributed by atoms with Crippen molar-refractivity contribution in [3.63, 3.8) is 0 Å². The second-order valence-corrected chi connectivity index (χ2v) is 10.3. The van der Waals surface area contributed by atoms with Crippen LogP contribution in [0.25, 0.3) is 0 Å². The van der Waals surface area contributed by atoms with Gasteiger partial charge in [0.05, 0.1) is 17.5 Å². The number of aromatic nitrogens is 1. The average molecular weight is 500 g/mol. The van der Waals surface area contributed by atoms with Crippen molar-refractivity contribution >= 4 is 34.5 Å². The second-order valence-electron chi connectivity index (χ2n) is 8.54. The molecule has 3 heterocycles. The maximum atomic E-state index is 14.1. The average Bonchev–Trinajstić information content (AvgIpc) is 3.29. The van der Waals surface area contributed by atoms with Crippen LogP contribution in [0.1, 0.15) is 53.0 Å². The minimum Gasteiger partial charge on any atom is -0.497 e. The van der Waals surface area contributed by atoms with Crippen molar-refractivity contribution in [1.82, 2.24) is 9.88 Å². The molecule has 3 aromatic rings. The van der Waals surface area contributed by atoms with Crippen molar-refractivity contribution in [3.8, 4) is 5.75 Å². The number of rotatable bonds is 8. The van der Waals surface area contributed by atoms with Crippen LogP contribution < -0.4 is 10.1 Å². The molecule has 0 spiro atoms. The number of aryl methyl sites for hydroxylation is 1. The summed E-state index contributed by atoms with van der Waals surface area (Å²) >= 11 is 7.76. The zero-order chi connectivity index (χ0) is 24.1. The number of nitrogens with zero attached hydrogens (tertiary/aromatic N) is 2. The Hall–Kier alpha value is -2.61. The number of pyridine rings is 1. The number of hydrogen-bond donors (Lipinski definition) is 2. The number of benzene rings is 1. The molecule has 1 fully saturated rings. The topological polar surface area (TPSA) is 74.7 Å². The molecule has 2 aromatic heterocycles. The summed E-state index contributed by atoms with van der Waals surface area (Å²) < 4.78 is 6.19. The van der Waals surface area contributed by atoms with E-state index in [1.54, 1.807) is 13.3 Å². The molecule has 180 valence electrons. The van der Waals surface area contributed by atoms with Gasteiger partial charge in [0.1, 0.15) is 11.8 Å². The van der Waals surface area contributed by atoms with Gasteiger partial charge < -0.3 is 20.1 Å². The van der Waals surface area contributed by atoms with Gasteiger partial charge >= 0.3 is 0 Å². The highest BCUT2D eigenvalue weighted by Gasteiger charge is 2.34. The van der Waals surface area contributed by atoms with E-state index in [0.29, 0.717) is 18.7 Å². The molecule has 6 nitrogen and oxygen atoms in total. The molecular weight excluding hydrogens is 470 g/mol. The highest BCUT2D eigenvalue weighted by Crippen LogP contribution is 2.38. The number of thiophene rings is 1. The predicted molar refractivity (Wildman–Crippen MR) is 137 cm³/mol. The summed E-state index contributed by atoms with van der Waals surface area (Å²) in [6, 6.07) is 12.9. The number of piperidine rings is 1. The predicted octanol–water partition coefficient (Wildman–Crippen LogP) is 5.56. The summed E-state index contributed by atoms with van der Waals surface area (Å²) in [6.07, 6.45) is 5.24. The van der Waals surface area contributed by atoms with Crippen molar-refractivity contribution in [2.45, 2.75) is 44.7 Å². The van der Waals surface area contributed by atoms with Crippen LogP contribution in [0.15, 0.2) is 48.7 Å². The van der Waals surface area contributed by atoms with Crippen molar-refractivity contribution in [3.05, 3.63) is 74.7 Å². The quantitative estimate of drug-likeness (QED) is 0.424. The Balaban J connectivity index is 1.69. The van der Waals surface area contributed by atoms with Crippen LogP contribution in [-0.4, -0.2) is 41.2 Å². The molecule has 8 heteroatoms. The Bertz CT molecular complexity index is 1120. The van der Waals surface area contributed by atoms with E-state index < -0.39 is 6.04 Å². The van der Waals surface area contributed by atoms with E-state index >= 15 is 0 Å². The van der Waals surface area contributed by atoms with Gasteiger partial charge in [-0.1, -0.05) is 17.7 Å². The van der Waals surface area contributed by atoms with Gasteiger partial charge in [-0.25, -0.2) is 0 Å². The fourth-order valence-corrected chi connectivity index (χ4v) is 5.61. The monoisotopic (exact) mass is 499 g/mol. The number of aliphatic hydroxyl groups is 1. The first kappa shape index (κ1) is 24.5. The minimum atomic E-state index is -0.613. The van der Waals surface area contributed by atoms with E-state index in [9.17, 15) is 9.90 Å². The highest BCUT2D eigenvalue weighted by molar-refractivity contribution is 7.16. The van der Waals surface area contributed by atoms with Crippen LogP contribution in [0.3, 0.4) is 0 Å². The largest absolute Gasteiger partial charge is 0.497 e. The molecule has 1 aromatic carbocycles. The van der Waals surface area contributed by atoms with Crippen molar-refractivity contribution in [1.29, 1.82) is 0 Å². The van der Waals surface area contributed by atoms with E-state index in [1.807, 2.05) is 54.3 Å². The van der Waals surface area contributed by atoms with Gasteiger partial charge in [0.15, 0.2) is 0 Å². The molecule has 2 atom stereocenters. The molecular formula is C26H30ClN3O3S. The number of aliphatic hydroxyl groups excluding tert-OH is 1. The Morgan fingerprint density at radius 3 is 2.82 bits per heavy atom. The first-order chi connectivity index (χ1) is 16.5. The Kier molecular flexibility index (Phi) is 8.08. The summed E-state index contributed by atoms with van der Waals surface area (Å²) in [6.45, 7) is 2.67. The molecule has 34 heavy (non-hydrogen) atoms. The van der Waals surface area contributed by atoms with Crippen LogP contribution in [-0.2, 0) is 11.2 Å². The molecule has 2 unspecified atom stereocenters. The van der Waals surface area contributed by atoms with E-state index in [4.69, 9.17) is 16.3 Å². The van der Waals surface area contributed by atoms with Crippen molar-refractivity contribution in [2.24, 2.45) is 0 Å². The number of ether oxygens (including phenoxy) is 1. The van der Waals surface area contributed by atoms with E-state index in [2.05, 4.69) is 10.3 Å². The van der Waals surface area contributed by atoms with Crippen LogP contribution in [0.4, 0.5) is 5.69 Å². The van der Waals surface area contributed by atoms with Gasteiger partial charge in [0.2, 0.25) is 5.91 Å². The second kappa shape index (κ2) is 11.2. The zero-order valence-electron chi connectivity index (χ0n) is 19.5. The van der Waals surface area contributed by atoms with Gasteiger partial charge in [-0.15, -0.1) is 11.3 Å². The first-order valence-electron chi connectivity index (χ1n) is 11.5. The molecule has 2 N–H and O–H groups in total. The minimum absolute atomic E-state index is 0.00593. The summed E-state index contributed by atoms with van der Waals surface area (Å²) in [5.74, 6) is 0.678. The molecule has 0 bridgehead atoms. The third-order valence-electron chi connectivity index (χ3n) is 6.14. The van der Waals surface area contributed by atoms with Crippen LogP contribution >= 0.6 is 22.9 Å². The fraction of sp³-hybridized carbons (Fsp3) is 0.385. The summed E-state index contributed by atoms with van der Waals surface area (Å²) in [7, 11) is 1.61. The lowest BCUT2D eigenvalue weighted by Gasteiger charge is -2.38. The van der Waals surface area contributed by atoms with Gasteiger partial charge in [0.25, 0.3) is 0 Å². The van der Waals surface area contributed by atoms with Gasteiger partial charge in [0, 0.05) is 47.2 Å². The Morgan fingerprint density at radius 1 is 1.29 bits per heavy atom. The third kappa shape index (κ3) is 5.71. The van der Waals surface area contributed by atoms with Crippen LogP contribution in [0.5, 0.6) is 5.75 Å². The van der Waals surface area contributed by atoms with Gasteiger partial charge in [-0.05, 0) is 68.5 Å². The number of likely N-dealkylation sites (tertiary alicyclic amines) is 1. The maximum Gasteiger partial charge on any atom is 0.250 e. The first-order valence-corrected chi connectivity index (χ1v) is 12.7. The molecule has 1 amide bonds. The third-order valence-corrected chi connectivity index (χ3v) is 7.47. The smallest absolute Gasteiger partial charge is 0.250 e. The molecule has 1 aliphatic rings.